The fraction of sp³-hybridized carbons (Fsp3) is 0.882. The molecule has 61 heavy (non-hydrogen) atoms. The molecule has 0 saturated heterocycles. The van der Waals surface area contributed by atoms with Crippen LogP contribution in [-0.2, 0) is 32.7 Å². The van der Waals surface area contributed by atoms with Gasteiger partial charge in [0.1, 0.15) is 6.61 Å². The van der Waals surface area contributed by atoms with E-state index in [1.54, 1.807) is 0 Å². The number of nitrogens with two attached hydrogens (primary N) is 1. The lowest BCUT2D eigenvalue weighted by Gasteiger charge is -2.19. The molecule has 2 atom stereocenters. The Hall–Kier alpha value is -1.51. The number of rotatable bonds is 49. The molecule has 0 aliphatic heterocycles. The van der Waals surface area contributed by atoms with Gasteiger partial charge in [-0.1, -0.05) is 205 Å². The van der Waals surface area contributed by atoms with Crippen molar-refractivity contribution in [1.29, 1.82) is 0 Å². The molecule has 0 radical (unpaired) electrons. The van der Waals surface area contributed by atoms with Crippen LogP contribution in [0, 0.1) is 0 Å². The number of phosphoric acid groups is 1. The quantitative estimate of drug-likeness (QED) is 0.0265. The first-order valence-electron chi connectivity index (χ1n) is 25.8. The van der Waals surface area contributed by atoms with Gasteiger partial charge < -0.3 is 20.1 Å². The summed E-state index contributed by atoms with van der Waals surface area (Å²) in [5.41, 5.74) is 5.37. The van der Waals surface area contributed by atoms with Crippen LogP contribution in [0.1, 0.15) is 258 Å². The molecule has 0 spiro atoms. The van der Waals surface area contributed by atoms with Crippen molar-refractivity contribution >= 4 is 19.8 Å². The molecular formula is C51H98NO8P. The van der Waals surface area contributed by atoms with Gasteiger partial charge in [0.05, 0.1) is 13.2 Å². The molecule has 1 unspecified atom stereocenters. The zero-order valence-electron chi connectivity index (χ0n) is 39.9. The lowest BCUT2D eigenvalue weighted by molar-refractivity contribution is -0.161. The Morgan fingerprint density at radius 3 is 1.16 bits per heavy atom. The Balaban J connectivity index is 4.02. The summed E-state index contributed by atoms with van der Waals surface area (Å²) in [5, 5.41) is 0. The lowest BCUT2D eigenvalue weighted by Crippen LogP contribution is -2.29. The highest BCUT2D eigenvalue weighted by Gasteiger charge is 2.26. The highest BCUT2D eigenvalue weighted by molar-refractivity contribution is 7.47. The van der Waals surface area contributed by atoms with E-state index in [2.05, 4.69) is 38.2 Å². The highest BCUT2D eigenvalue weighted by atomic mass is 31.2. The van der Waals surface area contributed by atoms with Crippen molar-refractivity contribution in [3.8, 4) is 0 Å². The standard InChI is InChI=1S/C51H98NO8P/c1-3-5-7-9-11-13-15-17-19-21-23-24-26-28-30-32-34-36-38-40-42-44-51(54)60-49(48-59-61(55,56)58-46-45-52)47-57-50(53)43-41-39-37-35-33-31-29-27-25-22-20-18-16-14-12-10-8-6-4-2/h17-20,49H,3-16,21-48,52H2,1-2H3,(H,55,56)/b19-17+,20-18+/t49-/m1/s1. The summed E-state index contributed by atoms with van der Waals surface area (Å²) in [6.45, 7) is 3.77. The topological polar surface area (TPSA) is 134 Å². The molecule has 0 saturated carbocycles. The van der Waals surface area contributed by atoms with E-state index in [0.29, 0.717) is 6.42 Å². The maximum Gasteiger partial charge on any atom is 0.472 e. The van der Waals surface area contributed by atoms with Crippen LogP contribution in [-0.4, -0.2) is 49.3 Å². The third-order valence-electron chi connectivity index (χ3n) is 11.3. The van der Waals surface area contributed by atoms with Gasteiger partial charge in [-0.05, 0) is 64.2 Å². The largest absolute Gasteiger partial charge is 0.472 e. The maximum atomic E-state index is 12.7. The molecule has 0 heterocycles. The van der Waals surface area contributed by atoms with Gasteiger partial charge in [-0.15, -0.1) is 0 Å². The predicted octanol–water partition coefficient (Wildman–Crippen LogP) is 15.5. The fourth-order valence-electron chi connectivity index (χ4n) is 7.45. The summed E-state index contributed by atoms with van der Waals surface area (Å²) in [6.07, 6.45) is 53.5. The van der Waals surface area contributed by atoms with Crippen LogP contribution >= 0.6 is 7.82 Å². The number of esters is 2. The van der Waals surface area contributed by atoms with Gasteiger partial charge in [-0.2, -0.15) is 0 Å². The number of carbonyl (C=O) groups excluding carboxylic acids is 2. The minimum Gasteiger partial charge on any atom is -0.462 e. The van der Waals surface area contributed by atoms with Gasteiger partial charge >= 0.3 is 19.8 Å². The predicted molar refractivity (Wildman–Crippen MR) is 257 cm³/mol. The second-order valence-corrected chi connectivity index (χ2v) is 18.8. The second-order valence-electron chi connectivity index (χ2n) is 17.4. The number of carbonyl (C=O) groups is 2. The lowest BCUT2D eigenvalue weighted by atomic mass is 10.0. The molecule has 0 aliphatic rings. The first-order chi connectivity index (χ1) is 29.8. The summed E-state index contributed by atoms with van der Waals surface area (Å²) in [5.74, 6) is -0.820. The molecule has 0 bridgehead atoms. The molecule has 0 aromatic rings. The zero-order chi connectivity index (χ0) is 44.6. The van der Waals surface area contributed by atoms with E-state index in [1.165, 1.54) is 186 Å². The normalized spacial score (nSPS) is 13.3. The van der Waals surface area contributed by atoms with Crippen LogP contribution in [0.3, 0.4) is 0 Å². The smallest absolute Gasteiger partial charge is 0.462 e. The molecule has 10 heteroatoms. The average molecular weight is 884 g/mol. The van der Waals surface area contributed by atoms with Crippen LogP contribution in [0.15, 0.2) is 24.3 Å². The molecule has 0 aliphatic carbocycles. The molecule has 0 aromatic heterocycles. The Morgan fingerprint density at radius 1 is 0.475 bits per heavy atom. The Bertz CT molecular complexity index is 1050. The van der Waals surface area contributed by atoms with E-state index in [9.17, 15) is 19.0 Å². The molecular weight excluding hydrogens is 786 g/mol. The summed E-state index contributed by atoms with van der Waals surface area (Å²) >= 11 is 0. The average Bonchev–Trinajstić information content (AvgIpc) is 3.25. The monoisotopic (exact) mass is 884 g/mol. The summed E-state index contributed by atoms with van der Waals surface area (Å²) in [7, 11) is -4.38. The van der Waals surface area contributed by atoms with E-state index < -0.39 is 26.5 Å². The number of hydrogen-bond donors (Lipinski definition) is 2. The third-order valence-corrected chi connectivity index (χ3v) is 12.3. The molecule has 3 N–H and O–H groups in total. The highest BCUT2D eigenvalue weighted by Crippen LogP contribution is 2.43. The first-order valence-corrected chi connectivity index (χ1v) is 27.3. The Kier molecular flexibility index (Phi) is 46.8. The van der Waals surface area contributed by atoms with Crippen LogP contribution in [0.5, 0.6) is 0 Å². The Morgan fingerprint density at radius 2 is 0.803 bits per heavy atom. The van der Waals surface area contributed by atoms with E-state index in [4.69, 9.17) is 24.3 Å². The van der Waals surface area contributed by atoms with Crippen LogP contribution in [0.25, 0.3) is 0 Å². The van der Waals surface area contributed by atoms with E-state index in [1.807, 2.05) is 0 Å². The van der Waals surface area contributed by atoms with Gasteiger partial charge in [0, 0.05) is 19.4 Å². The molecule has 0 fully saturated rings. The SMILES string of the molecule is CCCCCCCC/C=C/CCCCCCCCCCCCCC(=O)O[C@H](COC(=O)CCCCCCCCCCC/C=C/CCCCCCCC)COP(=O)(O)OCCN. The van der Waals surface area contributed by atoms with E-state index in [-0.39, 0.29) is 38.6 Å². The third kappa shape index (κ3) is 47.8. The van der Waals surface area contributed by atoms with Gasteiger partial charge in [0.15, 0.2) is 6.10 Å². The van der Waals surface area contributed by atoms with Gasteiger partial charge in [0.25, 0.3) is 0 Å². The second kappa shape index (κ2) is 48.0. The van der Waals surface area contributed by atoms with Crippen LogP contribution < -0.4 is 5.73 Å². The molecule has 360 valence electrons. The van der Waals surface area contributed by atoms with E-state index >= 15 is 0 Å². The minimum atomic E-state index is -4.38. The number of unbranched alkanes of at least 4 members (excludes halogenated alkanes) is 32. The van der Waals surface area contributed by atoms with Crippen molar-refractivity contribution in [1.82, 2.24) is 0 Å². The molecule has 9 nitrogen and oxygen atoms in total. The summed E-state index contributed by atoms with van der Waals surface area (Å²) in [4.78, 5) is 35.1. The van der Waals surface area contributed by atoms with Crippen LogP contribution in [0.2, 0.25) is 0 Å². The summed E-state index contributed by atoms with van der Waals surface area (Å²) < 4.78 is 32.9. The maximum absolute atomic E-state index is 12.7. The van der Waals surface area contributed by atoms with Crippen molar-refractivity contribution in [2.75, 3.05) is 26.4 Å². The van der Waals surface area contributed by atoms with Crippen molar-refractivity contribution in [2.24, 2.45) is 5.73 Å². The summed E-state index contributed by atoms with van der Waals surface area (Å²) in [6, 6.07) is 0. The van der Waals surface area contributed by atoms with E-state index in [0.717, 1.165) is 38.5 Å². The first kappa shape index (κ1) is 59.5. The molecule has 0 aromatic carbocycles. The van der Waals surface area contributed by atoms with Crippen molar-refractivity contribution in [3.63, 3.8) is 0 Å². The zero-order valence-corrected chi connectivity index (χ0v) is 40.8. The fourth-order valence-corrected chi connectivity index (χ4v) is 8.21. The van der Waals surface area contributed by atoms with Crippen molar-refractivity contribution in [3.05, 3.63) is 24.3 Å². The van der Waals surface area contributed by atoms with Crippen molar-refractivity contribution < 1.29 is 37.6 Å². The number of ether oxygens (including phenoxy) is 2. The van der Waals surface area contributed by atoms with Gasteiger partial charge in [-0.25, -0.2) is 4.57 Å². The number of hydrogen-bond acceptors (Lipinski definition) is 8. The number of phosphoric ester groups is 1. The molecule has 0 amide bonds. The number of allylic oxidation sites excluding steroid dienone is 4. The van der Waals surface area contributed by atoms with Crippen LogP contribution in [0.4, 0.5) is 0 Å². The Labute approximate surface area is 376 Å². The van der Waals surface area contributed by atoms with Gasteiger partial charge in [0.2, 0.25) is 0 Å². The van der Waals surface area contributed by atoms with Crippen molar-refractivity contribution in [2.45, 2.75) is 264 Å². The van der Waals surface area contributed by atoms with Gasteiger partial charge in [-0.3, -0.25) is 18.6 Å². The minimum absolute atomic E-state index is 0.0547. The molecule has 0 rings (SSSR count).